The summed E-state index contributed by atoms with van der Waals surface area (Å²) in [5.41, 5.74) is 0. The Hall–Kier alpha value is -0.960. The van der Waals surface area contributed by atoms with Crippen molar-refractivity contribution >= 4 is 0 Å². The Morgan fingerprint density at radius 2 is 2.14 bits per heavy atom. The highest BCUT2D eigenvalue weighted by molar-refractivity contribution is 5.21. The Morgan fingerprint density at radius 1 is 1.43 bits per heavy atom. The Labute approximate surface area is 44.5 Å². The minimum Gasteiger partial charge on any atom is -0.0906 e. The molecule has 0 bridgehead atoms. The van der Waals surface area contributed by atoms with Gasteiger partial charge in [-0.25, -0.2) is 0 Å². The van der Waals surface area contributed by atoms with Crippen LogP contribution in [0.4, 0.5) is 0 Å². The molecule has 0 fully saturated rings. The van der Waals surface area contributed by atoms with E-state index in [-0.39, 0.29) is 0 Å². The third-order valence-corrected chi connectivity index (χ3v) is 0.435. The van der Waals surface area contributed by atoms with Gasteiger partial charge in [0.25, 0.3) is 0 Å². The highest BCUT2D eigenvalue weighted by atomic mass is 13.5. The van der Waals surface area contributed by atoms with Crippen LogP contribution in [0.2, 0.25) is 0 Å². The zero-order valence-electron chi connectivity index (χ0n) is 4.44. The van der Waals surface area contributed by atoms with Crippen molar-refractivity contribution in [2.24, 2.45) is 0 Å². The van der Waals surface area contributed by atoms with Gasteiger partial charge in [0.05, 0.1) is 0 Å². The first-order chi connectivity index (χ1) is 3.41. The second-order valence-corrected chi connectivity index (χ2v) is 0.993. The van der Waals surface area contributed by atoms with Crippen LogP contribution in [0.25, 0.3) is 0 Å². The SMILES string of the molecule is C=CC#C/C=C\C. The van der Waals surface area contributed by atoms with E-state index in [1.165, 1.54) is 0 Å². The van der Waals surface area contributed by atoms with Gasteiger partial charge in [0.15, 0.2) is 0 Å². The van der Waals surface area contributed by atoms with Crippen LogP contribution < -0.4 is 0 Å². The molecule has 0 heteroatoms. The normalized spacial score (nSPS) is 7.57. The fourth-order valence-corrected chi connectivity index (χ4v) is 0.190. The summed E-state index contributed by atoms with van der Waals surface area (Å²) < 4.78 is 0. The smallest absolute Gasteiger partial charge is 0.0158 e. The van der Waals surface area contributed by atoms with Gasteiger partial charge in [-0.1, -0.05) is 24.5 Å². The molecule has 0 amide bonds. The Morgan fingerprint density at radius 3 is 2.57 bits per heavy atom. The average Bonchev–Trinajstić information content (AvgIpc) is 1.69. The maximum Gasteiger partial charge on any atom is -0.0158 e. The van der Waals surface area contributed by atoms with Gasteiger partial charge in [0.1, 0.15) is 0 Å². The van der Waals surface area contributed by atoms with Crippen LogP contribution in [0.3, 0.4) is 0 Å². The van der Waals surface area contributed by atoms with Gasteiger partial charge >= 0.3 is 0 Å². The second-order valence-electron chi connectivity index (χ2n) is 0.993. The molecule has 0 aliphatic rings. The van der Waals surface area contributed by atoms with Crippen molar-refractivity contribution < 1.29 is 0 Å². The van der Waals surface area contributed by atoms with Crippen LogP contribution in [-0.2, 0) is 0 Å². The fourth-order valence-electron chi connectivity index (χ4n) is 0.190. The lowest BCUT2D eigenvalue weighted by atomic mass is 10.5. The fraction of sp³-hybridized carbons (Fsp3) is 0.143. The van der Waals surface area contributed by atoms with E-state index in [1.54, 1.807) is 12.2 Å². The molecular weight excluding hydrogens is 84.1 g/mol. The molecule has 0 aromatic heterocycles. The molecule has 0 aromatic rings. The van der Waals surface area contributed by atoms with Gasteiger partial charge in [0.2, 0.25) is 0 Å². The molecule has 0 aromatic carbocycles. The van der Waals surface area contributed by atoms with Gasteiger partial charge in [-0.15, -0.1) is 0 Å². The van der Waals surface area contributed by atoms with E-state index in [1.807, 2.05) is 13.0 Å². The van der Waals surface area contributed by atoms with Crippen molar-refractivity contribution in [3.63, 3.8) is 0 Å². The number of allylic oxidation sites excluding steroid dienone is 3. The summed E-state index contributed by atoms with van der Waals surface area (Å²) >= 11 is 0. The molecule has 0 aliphatic heterocycles. The van der Waals surface area contributed by atoms with Gasteiger partial charge in [-0.3, -0.25) is 0 Å². The van der Waals surface area contributed by atoms with Crippen molar-refractivity contribution in [2.45, 2.75) is 6.92 Å². The monoisotopic (exact) mass is 92.1 g/mol. The van der Waals surface area contributed by atoms with E-state index < -0.39 is 0 Å². The molecule has 0 saturated carbocycles. The van der Waals surface area contributed by atoms with Crippen molar-refractivity contribution in [1.29, 1.82) is 0 Å². The molecule has 0 heterocycles. The molecule has 0 radical (unpaired) electrons. The second kappa shape index (κ2) is 5.04. The standard InChI is InChI=1S/C7H8/c1-3-5-7-6-4-2/h3-4,6H,1H2,2H3/b6-4-. The highest BCUT2D eigenvalue weighted by Crippen LogP contribution is 1.63. The van der Waals surface area contributed by atoms with Crippen LogP contribution in [0.15, 0.2) is 24.8 Å². The first-order valence-corrected chi connectivity index (χ1v) is 2.15. The van der Waals surface area contributed by atoms with Crippen molar-refractivity contribution in [3.05, 3.63) is 24.8 Å². The van der Waals surface area contributed by atoms with Crippen molar-refractivity contribution in [3.8, 4) is 11.8 Å². The average molecular weight is 92.1 g/mol. The van der Waals surface area contributed by atoms with Crippen molar-refractivity contribution in [1.82, 2.24) is 0 Å². The van der Waals surface area contributed by atoms with E-state index in [9.17, 15) is 0 Å². The van der Waals surface area contributed by atoms with E-state index >= 15 is 0 Å². The summed E-state index contributed by atoms with van der Waals surface area (Å²) in [7, 11) is 0. The van der Waals surface area contributed by atoms with Crippen LogP contribution in [-0.4, -0.2) is 0 Å². The maximum atomic E-state index is 3.42. The first-order valence-electron chi connectivity index (χ1n) is 2.15. The molecule has 0 unspecified atom stereocenters. The molecule has 7 heavy (non-hydrogen) atoms. The molecule has 36 valence electrons. The highest BCUT2D eigenvalue weighted by Gasteiger charge is 1.48. The Balaban J connectivity index is 3.45. The summed E-state index contributed by atoms with van der Waals surface area (Å²) in [4.78, 5) is 0. The molecule has 0 atom stereocenters. The summed E-state index contributed by atoms with van der Waals surface area (Å²) in [6, 6.07) is 0. The number of rotatable bonds is 0. The molecule has 0 saturated heterocycles. The summed E-state index contributed by atoms with van der Waals surface area (Å²) in [6.07, 6.45) is 5.23. The molecule has 0 nitrogen and oxygen atoms in total. The lowest BCUT2D eigenvalue weighted by Gasteiger charge is -1.58. The molecular formula is C7H8. The van der Waals surface area contributed by atoms with E-state index in [0.717, 1.165) is 0 Å². The summed E-state index contributed by atoms with van der Waals surface area (Å²) in [6.45, 7) is 5.35. The summed E-state index contributed by atoms with van der Waals surface area (Å²) in [5.74, 6) is 5.41. The third kappa shape index (κ3) is 5.04. The minimum absolute atomic E-state index is 1.57. The maximum absolute atomic E-state index is 3.42. The minimum atomic E-state index is 1.57. The van der Waals surface area contributed by atoms with E-state index in [2.05, 4.69) is 18.4 Å². The topological polar surface area (TPSA) is 0 Å². The van der Waals surface area contributed by atoms with Crippen molar-refractivity contribution in [2.75, 3.05) is 0 Å². The van der Waals surface area contributed by atoms with Gasteiger partial charge in [0, 0.05) is 0 Å². The molecule has 0 spiro atoms. The van der Waals surface area contributed by atoms with Crippen LogP contribution in [0.5, 0.6) is 0 Å². The molecule has 0 rings (SSSR count). The third-order valence-electron chi connectivity index (χ3n) is 0.435. The Bertz CT molecular complexity index is 119. The largest absolute Gasteiger partial charge is 0.0906 e. The van der Waals surface area contributed by atoms with E-state index in [4.69, 9.17) is 0 Å². The molecule has 0 aliphatic carbocycles. The van der Waals surface area contributed by atoms with Crippen LogP contribution >= 0.6 is 0 Å². The lowest BCUT2D eigenvalue weighted by molar-refractivity contribution is 1.76. The first kappa shape index (κ1) is 6.04. The quantitative estimate of drug-likeness (QED) is 0.399. The van der Waals surface area contributed by atoms with Crippen LogP contribution in [0.1, 0.15) is 6.92 Å². The summed E-state index contributed by atoms with van der Waals surface area (Å²) in [5, 5.41) is 0. The predicted molar refractivity (Wildman–Crippen MR) is 32.8 cm³/mol. The zero-order chi connectivity index (χ0) is 5.54. The Kier molecular flexibility index (Phi) is 4.35. The van der Waals surface area contributed by atoms with Gasteiger partial charge in [-0.2, -0.15) is 0 Å². The number of hydrogen-bond donors (Lipinski definition) is 0. The van der Waals surface area contributed by atoms with E-state index in [0.29, 0.717) is 0 Å². The lowest BCUT2D eigenvalue weighted by Crippen LogP contribution is -1.44. The molecule has 0 N–H and O–H groups in total. The van der Waals surface area contributed by atoms with Gasteiger partial charge in [-0.05, 0) is 19.1 Å². The number of hydrogen-bond acceptors (Lipinski definition) is 0. The predicted octanol–water partition coefficient (Wildman–Crippen LogP) is 1.75. The van der Waals surface area contributed by atoms with Gasteiger partial charge < -0.3 is 0 Å². The van der Waals surface area contributed by atoms with Crippen LogP contribution in [0, 0.1) is 11.8 Å². The zero-order valence-corrected chi connectivity index (χ0v) is 4.44.